The van der Waals surface area contributed by atoms with Crippen molar-refractivity contribution in [3.63, 3.8) is 0 Å². The van der Waals surface area contributed by atoms with Crippen molar-refractivity contribution >= 4 is 5.97 Å². The maximum Gasteiger partial charge on any atom is 0.321 e. The van der Waals surface area contributed by atoms with E-state index < -0.39 is 5.97 Å². The Morgan fingerprint density at radius 2 is 2.11 bits per heavy atom. The van der Waals surface area contributed by atoms with Crippen molar-refractivity contribution in [3.05, 3.63) is 29.8 Å². The van der Waals surface area contributed by atoms with E-state index >= 15 is 0 Å². The number of carboxylic acids is 1. The van der Waals surface area contributed by atoms with Gasteiger partial charge < -0.3 is 9.84 Å². The number of nitrogens with zero attached hydrogens (tertiary/aromatic N) is 1. The SMILES string of the molecule is COc1ccc(CN2CCC[C@@H](C)[C@H]2C(=O)O)cc1. The normalized spacial score (nSPS) is 24.1. The molecule has 2 rings (SSSR count). The molecule has 2 atom stereocenters. The average molecular weight is 263 g/mol. The van der Waals surface area contributed by atoms with Gasteiger partial charge in [-0.25, -0.2) is 0 Å². The van der Waals surface area contributed by atoms with Gasteiger partial charge in [0.25, 0.3) is 0 Å². The van der Waals surface area contributed by atoms with Crippen molar-refractivity contribution in [2.24, 2.45) is 5.92 Å². The third kappa shape index (κ3) is 3.26. The number of rotatable bonds is 4. The Labute approximate surface area is 114 Å². The number of carboxylic acid groups (broad SMARTS) is 1. The minimum atomic E-state index is -0.708. The lowest BCUT2D eigenvalue weighted by Crippen LogP contribution is -2.48. The molecule has 1 fully saturated rings. The van der Waals surface area contributed by atoms with Crippen LogP contribution >= 0.6 is 0 Å². The second-order valence-corrected chi connectivity index (χ2v) is 5.22. The molecule has 1 aromatic carbocycles. The van der Waals surface area contributed by atoms with Crippen LogP contribution in [-0.4, -0.2) is 35.7 Å². The fraction of sp³-hybridized carbons (Fsp3) is 0.533. The zero-order chi connectivity index (χ0) is 13.8. The first-order valence-corrected chi connectivity index (χ1v) is 6.71. The maximum absolute atomic E-state index is 11.4. The van der Waals surface area contributed by atoms with E-state index in [0.717, 1.165) is 30.7 Å². The summed E-state index contributed by atoms with van der Waals surface area (Å²) in [7, 11) is 1.64. The molecule has 1 heterocycles. The summed E-state index contributed by atoms with van der Waals surface area (Å²) < 4.78 is 5.13. The molecule has 0 unspecified atom stereocenters. The van der Waals surface area contributed by atoms with Crippen molar-refractivity contribution < 1.29 is 14.6 Å². The van der Waals surface area contributed by atoms with Crippen molar-refractivity contribution in [3.8, 4) is 5.75 Å². The summed E-state index contributed by atoms with van der Waals surface area (Å²) in [6.07, 6.45) is 2.07. The van der Waals surface area contributed by atoms with E-state index in [0.29, 0.717) is 6.54 Å². The minimum Gasteiger partial charge on any atom is -0.497 e. The van der Waals surface area contributed by atoms with Gasteiger partial charge in [0.2, 0.25) is 0 Å². The number of hydrogen-bond donors (Lipinski definition) is 1. The molecule has 4 heteroatoms. The summed E-state index contributed by atoms with van der Waals surface area (Å²) in [5, 5.41) is 9.38. The van der Waals surface area contributed by atoms with Crippen LogP contribution in [0.25, 0.3) is 0 Å². The highest BCUT2D eigenvalue weighted by Crippen LogP contribution is 2.25. The Kier molecular flexibility index (Phi) is 4.43. The van der Waals surface area contributed by atoms with E-state index in [-0.39, 0.29) is 12.0 Å². The van der Waals surface area contributed by atoms with Crippen LogP contribution in [0.4, 0.5) is 0 Å². The van der Waals surface area contributed by atoms with Crippen LogP contribution in [0.2, 0.25) is 0 Å². The van der Waals surface area contributed by atoms with Crippen molar-refractivity contribution in [1.82, 2.24) is 4.90 Å². The summed E-state index contributed by atoms with van der Waals surface area (Å²) in [6.45, 7) is 3.57. The summed E-state index contributed by atoms with van der Waals surface area (Å²) >= 11 is 0. The van der Waals surface area contributed by atoms with Crippen LogP contribution in [0.5, 0.6) is 5.75 Å². The highest BCUT2D eigenvalue weighted by atomic mass is 16.5. The Hall–Kier alpha value is -1.55. The summed E-state index contributed by atoms with van der Waals surface area (Å²) in [5.74, 6) is 0.329. The molecule has 1 aromatic rings. The first-order valence-electron chi connectivity index (χ1n) is 6.71. The Morgan fingerprint density at radius 3 is 2.68 bits per heavy atom. The van der Waals surface area contributed by atoms with E-state index in [4.69, 9.17) is 4.74 Å². The number of benzene rings is 1. The molecule has 0 aliphatic carbocycles. The van der Waals surface area contributed by atoms with Gasteiger partial charge in [-0.15, -0.1) is 0 Å². The molecule has 0 spiro atoms. The number of likely N-dealkylation sites (tertiary alicyclic amines) is 1. The number of aliphatic carboxylic acids is 1. The first-order chi connectivity index (χ1) is 9.11. The lowest BCUT2D eigenvalue weighted by atomic mass is 9.90. The molecule has 1 aliphatic heterocycles. The van der Waals surface area contributed by atoms with Gasteiger partial charge in [0.1, 0.15) is 11.8 Å². The van der Waals surface area contributed by atoms with E-state index in [1.165, 1.54) is 0 Å². The van der Waals surface area contributed by atoms with Crippen LogP contribution < -0.4 is 4.74 Å². The second-order valence-electron chi connectivity index (χ2n) is 5.22. The molecule has 0 bridgehead atoms. The molecule has 0 aromatic heterocycles. The Morgan fingerprint density at radius 1 is 1.42 bits per heavy atom. The van der Waals surface area contributed by atoms with Crippen molar-refractivity contribution in [2.75, 3.05) is 13.7 Å². The zero-order valence-electron chi connectivity index (χ0n) is 11.5. The average Bonchev–Trinajstić information content (AvgIpc) is 2.39. The summed E-state index contributed by atoms with van der Waals surface area (Å²) in [4.78, 5) is 13.5. The summed E-state index contributed by atoms with van der Waals surface area (Å²) in [6, 6.07) is 7.46. The van der Waals surface area contributed by atoms with E-state index in [1.807, 2.05) is 31.2 Å². The predicted octanol–water partition coefficient (Wildman–Crippen LogP) is 2.38. The molecular formula is C15H21NO3. The van der Waals surface area contributed by atoms with Gasteiger partial charge >= 0.3 is 5.97 Å². The maximum atomic E-state index is 11.4. The highest BCUT2D eigenvalue weighted by molar-refractivity contribution is 5.74. The molecule has 1 aliphatic rings. The van der Waals surface area contributed by atoms with Gasteiger partial charge in [-0.1, -0.05) is 19.1 Å². The quantitative estimate of drug-likeness (QED) is 0.906. The van der Waals surface area contributed by atoms with Gasteiger partial charge in [0.15, 0.2) is 0 Å². The summed E-state index contributed by atoms with van der Waals surface area (Å²) in [5.41, 5.74) is 1.13. The molecule has 0 radical (unpaired) electrons. The lowest BCUT2D eigenvalue weighted by molar-refractivity contribution is -0.147. The first kappa shape index (κ1) is 13.9. The third-order valence-electron chi connectivity index (χ3n) is 3.83. The van der Waals surface area contributed by atoms with E-state index in [9.17, 15) is 9.90 Å². The predicted molar refractivity (Wildman–Crippen MR) is 73.2 cm³/mol. The van der Waals surface area contributed by atoms with Gasteiger partial charge in [-0.3, -0.25) is 9.69 Å². The monoisotopic (exact) mass is 263 g/mol. The van der Waals surface area contributed by atoms with Gasteiger partial charge in [-0.05, 0) is 43.0 Å². The standard InChI is InChI=1S/C15H21NO3/c1-11-4-3-9-16(14(11)15(17)18)10-12-5-7-13(19-2)8-6-12/h5-8,11,14H,3-4,9-10H2,1-2H3,(H,17,18)/t11-,14+/m1/s1. The number of carbonyl (C=O) groups is 1. The molecule has 0 saturated carbocycles. The van der Waals surface area contributed by atoms with Crippen molar-refractivity contribution in [1.29, 1.82) is 0 Å². The van der Waals surface area contributed by atoms with E-state index in [1.54, 1.807) is 7.11 Å². The van der Waals surface area contributed by atoms with Gasteiger partial charge in [0, 0.05) is 6.54 Å². The number of hydrogen-bond acceptors (Lipinski definition) is 3. The van der Waals surface area contributed by atoms with Crippen molar-refractivity contribution in [2.45, 2.75) is 32.4 Å². The number of ether oxygens (including phenoxy) is 1. The molecule has 4 nitrogen and oxygen atoms in total. The Bertz CT molecular complexity index is 430. The minimum absolute atomic E-state index is 0.212. The lowest BCUT2D eigenvalue weighted by Gasteiger charge is -2.37. The molecule has 1 saturated heterocycles. The second kappa shape index (κ2) is 6.06. The number of piperidine rings is 1. The van der Waals surface area contributed by atoms with Crippen LogP contribution in [0.3, 0.4) is 0 Å². The van der Waals surface area contributed by atoms with Crippen LogP contribution in [0.1, 0.15) is 25.3 Å². The molecule has 1 N–H and O–H groups in total. The van der Waals surface area contributed by atoms with Crippen LogP contribution in [0.15, 0.2) is 24.3 Å². The van der Waals surface area contributed by atoms with Gasteiger partial charge in [-0.2, -0.15) is 0 Å². The zero-order valence-corrected chi connectivity index (χ0v) is 11.5. The van der Waals surface area contributed by atoms with Crippen LogP contribution in [0, 0.1) is 5.92 Å². The molecule has 104 valence electrons. The Balaban J connectivity index is 2.08. The topological polar surface area (TPSA) is 49.8 Å². The molecular weight excluding hydrogens is 242 g/mol. The highest BCUT2D eigenvalue weighted by Gasteiger charge is 2.33. The van der Waals surface area contributed by atoms with Crippen LogP contribution in [-0.2, 0) is 11.3 Å². The largest absolute Gasteiger partial charge is 0.497 e. The smallest absolute Gasteiger partial charge is 0.321 e. The number of methoxy groups -OCH3 is 1. The molecule has 0 amide bonds. The van der Waals surface area contributed by atoms with E-state index in [2.05, 4.69) is 4.90 Å². The third-order valence-corrected chi connectivity index (χ3v) is 3.83. The van der Waals surface area contributed by atoms with Gasteiger partial charge in [0.05, 0.1) is 7.11 Å². The fourth-order valence-corrected chi connectivity index (χ4v) is 2.82. The fourth-order valence-electron chi connectivity index (χ4n) is 2.82. The molecule has 19 heavy (non-hydrogen) atoms.